The van der Waals surface area contributed by atoms with Crippen LogP contribution in [0.1, 0.15) is 12.0 Å². The van der Waals surface area contributed by atoms with Crippen LogP contribution < -0.4 is 5.32 Å². The van der Waals surface area contributed by atoms with Gasteiger partial charge in [-0.25, -0.2) is 16.8 Å². The van der Waals surface area contributed by atoms with Crippen LogP contribution in [-0.2, 0) is 19.9 Å². The molecular weight excluding hydrogens is 362 g/mol. The van der Waals surface area contributed by atoms with Crippen molar-refractivity contribution < 1.29 is 16.8 Å². The molecule has 9 heteroatoms. The highest BCUT2D eigenvalue weighted by Crippen LogP contribution is 2.27. The quantitative estimate of drug-likeness (QED) is 0.787. The molecule has 1 atom stereocenters. The Labute approximate surface area is 150 Å². The maximum atomic E-state index is 13.1. The predicted molar refractivity (Wildman–Crippen MR) is 95.9 cm³/mol. The summed E-state index contributed by atoms with van der Waals surface area (Å²) >= 11 is 0. The van der Waals surface area contributed by atoms with Gasteiger partial charge in [0.1, 0.15) is 0 Å². The van der Waals surface area contributed by atoms with Gasteiger partial charge in [0.05, 0.1) is 9.79 Å². The van der Waals surface area contributed by atoms with Crippen molar-refractivity contribution in [1.82, 2.24) is 14.5 Å². The molecule has 0 aromatic heterocycles. The molecule has 3 rings (SSSR count). The van der Waals surface area contributed by atoms with E-state index in [1.165, 1.54) is 16.4 Å². The molecule has 1 aromatic rings. The van der Waals surface area contributed by atoms with E-state index in [0.29, 0.717) is 18.7 Å². The molecule has 7 nitrogen and oxygen atoms in total. The van der Waals surface area contributed by atoms with Crippen LogP contribution in [0.2, 0.25) is 0 Å². The van der Waals surface area contributed by atoms with Gasteiger partial charge in [0, 0.05) is 51.6 Å². The van der Waals surface area contributed by atoms with Gasteiger partial charge in [-0.15, -0.1) is 0 Å². The van der Waals surface area contributed by atoms with Crippen molar-refractivity contribution in [3.8, 4) is 0 Å². The minimum atomic E-state index is -3.70. The Bertz CT molecular complexity index is 846. The van der Waals surface area contributed by atoms with E-state index in [2.05, 4.69) is 10.2 Å². The smallest absolute Gasteiger partial charge is 0.243 e. The Kier molecular flexibility index (Phi) is 5.23. The largest absolute Gasteiger partial charge is 0.314 e. The second kappa shape index (κ2) is 6.96. The molecule has 2 saturated heterocycles. The van der Waals surface area contributed by atoms with Crippen molar-refractivity contribution in [1.29, 1.82) is 0 Å². The highest BCUT2D eigenvalue weighted by Gasteiger charge is 2.36. The molecule has 2 aliphatic heterocycles. The van der Waals surface area contributed by atoms with E-state index < -0.39 is 19.9 Å². The van der Waals surface area contributed by atoms with Gasteiger partial charge in [-0.3, -0.25) is 4.90 Å². The summed E-state index contributed by atoms with van der Waals surface area (Å²) in [6.45, 7) is 6.35. The van der Waals surface area contributed by atoms with Crippen molar-refractivity contribution in [3.05, 3.63) is 23.8 Å². The van der Waals surface area contributed by atoms with Crippen LogP contribution in [0.3, 0.4) is 0 Å². The van der Waals surface area contributed by atoms with Crippen molar-refractivity contribution in [2.75, 3.05) is 45.5 Å². The van der Waals surface area contributed by atoms with Crippen molar-refractivity contribution in [2.45, 2.75) is 29.2 Å². The Morgan fingerprint density at radius 2 is 1.76 bits per heavy atom. The average molecular weight is 388 g/mol. The van der Waals surface area contributed by atoms with E-state index in [0.717, 1.165) is 38.9 Å². The van der Waals surface area contributed by atoms with Gasteiger partial charge < -0.3 is 5.32 Å². The standard InChI is InChI=1S/C16H25N3O4S2/c1-13-3-4-15(24(2,20)21)11-16(13)25(22,23)19-8-5-14(12-19)18-9-6-17-7-10-18/h3-4,11,14,17H,5-10,12H2,1-2H3. The lowest BCUT2D eigenvalue weighted by Crippen LogP contribution is -2.49. The minimum absolute atomic E-state index is 0.0366. The number of sulfonamides is 1. The topological polar surface area (TPSA) is 86.8 Å². The molecule has 0 amide bonds. The first-order valence-corrected chi connectivity index (χ1v) is 11.8. The Morgan fingerprint density at radius 1 is 1.08 bits per heavy atom. The van der Waals surface area contributed by atoms with Crippen LogP contribution in [0.5, 0.6) is 0 Å². The molecule has 0 radical (unpaired) electrons. The minimum Gasteiger partial charge on any atom is -0.314 e. The molecule has 1 aromatic carbocycles. The molecule has 2 fully saturated rings. The summed E-state index contributed by atoms with van der Waals surface area (Å²) in [5.41, 5.74) is 0.568. The van der Waals surface area contributed by atoms with E-state index in [9.17, 15) is 16.8 Å². The van der Waals surface area contributed by atoms with E-state index in [4.69, 9.17) is 0 Å². The zero-order valence-electron chi connectivity index (χ0n) is 14.6. The van der Waals surface area contributed by atoms with Crippen LogP contribution in [-0.4, -0.2) is 77.6 Å². The normalized spacial score (nSPS) is 23.8. The molecule has 0 spiro atoms. The fourth-order valence-corrected chi connectivity index (χ4v) is 5.97. The van der Waals surface area contributed by atoms with Gasteiger partial charge in [-0.1, -0.05) is 6.07 Å². The van der Waals surface area contributed by atoms with E-state index >= 15 is 0 Å². The molecule has 0 bridgehead atoms. The van der Waals surface area contributed by atoms with Crippen LogP contribution in [0.25, 0.3) is 0 Å². The Morgan fingerprint density at radius 3 is 2.40 bits per heavy atom. The fraction of sp³-hybridized carbons (Fsp3) is 0.625. The predicted octanol–water partition coefficient (Wildman–Crippen LogP) is 0.0667. The zero-order valence-corrected chi connectivity index (χ0v) is 16.2. The lowest BCUT2D eigenvalue weighted by atomic mass is 10.2. The second-order valence-electron chi connectivity index (χ2n) is 6.79. The third kappa shape index (κ3) is 3.90. The maximum Gasteiger partial charge on any atom is 0.243 e. The summed E-state index contributed by atoms with van der Waals surface area (Å²) in [6, 6.07) is 4.54. The summed E-state index contributed by atoms with van der Waals surface area (Å²) in [5.74, 6) is 0. The SMILES string of the molecule is Cc1ccc(S(C)(=O)=O)cc1S(=O)(=O)N1CCC(N2CCNCC2)C1. The van der Waals surface area contributed by atoms with Gasteiger partial charge in [-0.05, 0) is 31.0 Å². The van der Waals surface area contributed by atoms with Crippen LogP contribution in [0, 0.1) is 6.92 Å². The third-order valence-electron chi connectivity index (χ3n) is 5.00. The maximum absolute atomic E-state index is 13.1. The Balaban J connectivity index is 1.85. The highest BCUT2D eigenvalue weighted by atomic mass is 32.2. The molecule has 140 valence electrons. The van der Waals surface area contributed by atoms with Crippen LogP contribution in [0.15, 0.2) is 28.0 Å². The molecule has 0 aliphatic carbocycles. The first-order valence-electron chi connectivity index (χ1n) is 8.45. The van der Waals surface area contributed by atoms with Gasteiger partial charge in [0.2, 0.25) is 10.0 Å². The van der Waals surface area contributed by atoms with Crippen LogP contribution >= 0.6 is 0 Å². The van der Waals surface area contributed by atoms with E-state index in [-0.39, 0.29) is 15.8 Å². The first kappa shape index (κ1) is 18.8. The number of sulfone groups is 1. The number of nitrogens with one attached hydrogen (secondary N) is 1. The molecule has 2 heterocycles. The number of hydrogen-bond acceptors (Lipinski definition) is 6. The molecule has 0 saturated carbocycles. The monoisotopic (exact) mass is 387 g/mol. The van der Waals surface area contributed by atoms with Crippen molar-refractivity contribution >= 4 is 19.9 Å². The lowest BCUT2D eigenvalue weighted by Gasteiger charge is -2.32. The lowest BCUT2D eigenvalue weighted by molar-refractivity contribution is 0.179. The number of rotatable bonds is 4. The van der Waals surface area contributed by atoms with Crippen molar-refractivity contribution in [3.63, 3.8) is 0 Å². The van der Waals surface area contributed by atoms with Gasteiger partial charge in [-0.2, -0.15) is 4.31 Å². The number of piperazine rings is 1. The molecule has 1 unspecified atom stereocenters. The molecule has 25 heavy (non-hydrogen) atoms. The highest BCUT2D eigenvalue weighted by molar-refractivity contribution is 7.91. The zero-order chi connectivity index (χ0) is 18.2. The fourth-order valence-electron chi connectivity index (χ4n) is 3.50. The molecular formula is C16H25N3O4S2. The van der Waals surface area contributed by atoms with Crippen LogP contribution in [0.4, 0.5) is 0 Å². The summed E-state index contributed by atoms with van der Waals surface area (Å²) in [6.07, 6.45) is 1.90. The Hall–Kier alpha value is -1.00. The summed E-state index contributed by atoms with van der Waals surface area (Å²) < 4.78 is 51.2. The average Bonchev–Trinajstić information content (AvgIpc) is 3.05. The van der Waals surface area contributed by atoms with Crippen molar-refractivity contribution in [2.24, 2.45) is 0 Å². The second-order valence-corrected chi connectivity index (χ2v) is 10.7. The molecule has 1 N–H and O–H groups in total. The summed E-state index contributed by atoms with van der Waals surface area (Å²) in [5, 5.41) is 3.30. The third-order valence-corrected chi connectivity index (χ3v) is 8.12. The van der Waals surface area contributed by atoms with E-state index in [1.54, 1.807) is 13.0 Å². The van der Waals surface area contributed by atoms with Gasteiger partial charge in [0.15, 0.2) is 9.84 Å². The van der Waals surface area contributed by atoms with Gasteiger partial charge >= 0.3 is 0 Å². The van der Waals surface area contributed by atoms with Gasteiger partial charge in [0.25, 0.3) is 0 Å². The summed E-state index contributed by atoms with van der Waals surface area (Å²) in [4.78, 5) is 2.47. The number of benzene rings is 1. The number of nitrogens with zero attached hydrogens (tertiary/aromatic N) is 2. The number of hydrogen-bond donors (Lipinski definition) is 1. The van der Waals surface area contributed by atoms with E-state index in [1.807, 2.05) is 0 Å². The number of aryl methyl sites for hydroxylation is 1. The molecule has 2 aliphatic rings. The first-order chi connectivity index (χ1) is 11.7. The summed E-state index contributed by atoms with van der Waals surface area (Å²) in [7, 11) is -7.15.